The van der Waals surface area contributed by atoms with E-state index in [9.17, 15) is 9.59 Å². The Bertz CT molecular complexity index is 519. The smallest absolute Gasteiger partial charge is 0.255 e. The summed E-state index contributed by atoms with van der Waals surface area (Å²) in [4.78, 5) is 28.1. The molecule has 2 amide bonds. The molecule has 1 aliphatic heterocycles. The van der Waals surface area contributed by atoms with Crippen molar-refractivity contribution in [3.8, 4) is 0 Å². The number of piperazine rings is 1. The number of amides is 2. The molecule has 0 saturated carbocycles. The third-order valence-corrected chi connectivity index (χ3v) is 4.28. The monoisotopic (exact) mass is 387 g/mol. The predicted molar refractivity (Wildman–Crippen MR) is 85.5 cm³/mol. The van der Waals surface area contributed by atoms with Gasteiger partial charge in [0.1, 0.15) is 6.04 Å². The fourth-order valence-electron chi connectivity index (χ4n) is 2.26. The molecule has 0 aromatic heterocycles. The van der Waals surface area contributed by atoms with Crippen molar-refractivity contribution < 1.29 is 9.59 Å². The van der Waals surface area contributed by atoms with Crippen LogP contribution in [0.25, 0.3) is 0 Å². The van der Waals surface area contributed by atoms with Crippen molar-refractivity contribution in [1.82, 2.24) is 15.1 Å². The summed E-state index contributed by atoms with van der Waals surface area (Å²) in [6.07, 6.45) is 0. The van der Waals surface area contributed by atoms with Crippen LogP contribution in [0.3, 0.4) is 0 Å². The molecule has 1 aliphatic rings. The zero-order valence-corrected chi connectivity index (χ0v) is 13.8. The Hall–Kier alpha value is -1.15. The van der Waals surface area contributed by atoms with Crippen LogP contribution in [0.1, 0.15) is 10.4 Å². The lowest BCUT2D eigenvalue weighted by Crippen LogP contribution is -2.59. The lowest BCUT2D eigenvalue weighted by atomic mass is 10.1. The molecule has 0 aliphatic carbocycles. The lowest BCUT2D eigenvalue weighted by Gasteiger charge is -2.36. The molecule has 5 nitrogen and oxygen atoms in total. The van der Waals surface area contributed by atoms with E-state index in [-0.39, 0.29) is 11.8 Å². The number of carbonyl (C=O) groups is 2. The van der Waals surface area contributed by atoms with Crippen molar-refractivity contribution in [2.45, 2.75) is 6.04 Å². The molecular weight excluding hydrogens is 369 g/mol. The summed E-state index contributed by atoms with van der Waals surface area (Å²) < 4.78 is 0.907. The van der Waals surface area contributed by atoms with Crippen molar-refractivity contribution in [2.24, 2.45) is 0 Å². The van der Waals surface area contributed by atoms with E-state index >= 15 is 0 Å². The highest BCUT2D eigenvalue weighted by Gasteiger charge is 2.33. The SMILES string of the molecule is CN(C)C(=O)C1CNCCN1C(=O)c1ccccc1I. The maximum absolute atomic E-state index is 12.7. The maximum atomic E-state index is 12.7. The predicted octanol–water partition coefficient (Wildman–Crippen LogP) is 0.793. The van der Waals surface area contributed by atoms with Gasteiger partial charge in [-0.05, 0) is 34.7 Å². The Labute approximate surface area is 132 Å². The second-order valence-corrected chi connectivity index (χ2v) is 6.09. The minimum Gasteiger partial charge on any atom is -0.347 e. The first-order valence-electron chi connectivity index (χ1n) is 6.49. The van der Waals surface area contributed by atoms with Crippen molar-refractivity contribution in [1.29, 1.82) is 0 Å². The summed E-state index contributed by atoms with van der Waals surface area (Å²) in [5, 5.41) is 3.18. The average molecular weight is 387 g/mol. The molecule has 108 valence electrons. The van der Waals surface area contributed by atoms with Crippen LogP contribution in [0.2, 0.25) is 0 Å². The number of benzene rings is 1. The zero-order valence-electron chi connectivity index (χ0n) is 11.6. The number of rotatable bonds is 2. The van der Waals surface area contributed by atoms with Crippen LogP contribution in [-0.4, -0.2) is 61.4 Å². The van der Waals surface area contributed by atoms with Crippen LogP contribution >= 0.6 is 22.6 Å². The first-order valence-corrected chi connectivity index (χ1v) is 7.57. The van der Waals surface area contributed by atoms with Gasteiger partial charge in [-0.25, -0.2) is 0 Å². The Morgan fingerprint density at radius 3 is 2.70 bits per heavy atom. The molecule has 0 radical (unpaired) electrons. The first kappa shape index (κ1) is 15.2. The van der Waals surface area contributed by atoms with Gasteiger partial charge in [0.05, 0.1) is 5.56 Å². The molecule has 1 N–H and O–H groups in total. The van der Waals surface area contributed by atoms with Crippen molar-refractivity contribution >= 4 is 34.4 Å². The van der Waals surface area contributed by atoms with Gasteiger partial charge in [0, 0.05) is 37.3 Å². The molecule has 1 fully saturated rings. The van der Waals surface area contributed by atoms with Gasteiger partial charge < -0.3 is 15.1 Å². The molecule has 1 unspecified atom stereocenters. The number of nitrogens with zero attached hydrogens (tertiary/aromatic N) is 2. The minimum absolute atomic E-state index is 0.0449. The molecule has 1 heterocycles. The number of halogens is 1. The highest BCUT2D eigenvalue weighted by atomic mass is 127. The minimum atomic E-state index is -0.428. The normalized spacial score (nSPS) is 18.8. The van der Waals surface area contributed by atoms with E-state index in [1.807, 2.05) is 24.3 Å². The molecule has 20 heavy (non-hydrogen) atoms. The molecule has 1 aromatic carbocycles. The van der Waals surface area contributed by atoms with Gasteiger partial charge in [-0.2, -0.15) is 0 Å². The number of hydrogen-bond acceptors (Lipinski definition) is 3. The Morgan fingerprint density at radius 2 is 2.05 bits per heavy atom. The van der Waals surface area contributed by atoms with E-state index in [0.717, 1.165) is 3.57 Å². The highest BCUT2D eigenvalue weighted by molar-refractivity contribution is 14.1. The van der Waals surface area contributed by atoms with E-state index < -0.39 is 6.04 Å². The molecule has 0 spiro atoms. The third-order valence-electron chi connectivity index (χ3n) is 3.33. The molecule has 2 rings (SSSR count). The molecule has 6 heteroatoms. The van der Waals surface area contributed by atoms with E-state index in [1.54, 1.807) is 19.0 Å². The number of hydrogen-bond donors (Lipinski definition) is 1. The van der Waals surface area contributed by atoms with Crippen LogP contribution in [0.15, 0.2) is 24.3 Å². The van der Waals surface area contributed by atoms with Gasteiger partial charge in [0.15, 0.2) is 0 Å². The topological polar surface area (TPSA) is 52.7 Å². The molecule has 1 atom stereocenters. The van der Waals surface area contributed by atoms with Gasteiger partial charge >= 0.3 is 0 Å². The fourth-order valence-corrected chi connectivity index (χ4v) is 2.87. The largest absolute Gasteiger partial charge is 0.347 e. The van der Waals surface area contributed by atoms with E-state index in [4.69, 9.17) is 0 Å². The second kappa shape index (κ2) is 6.53. The number of nitrogens with one attached hydrogen (secondary N) is 1. The molecule has 1 aromatic rings. The van der Waals surface area contributed by atoms with Gasteiger partial charge in [-0.1, -0.05) is 12.1 Å². The van der Waals surface area contributed by atoms with E-state index in [2.05, 4.69) is 27.9 Å². The number of likely N-dealkylation sites (N-methyl/N-ethyl adjacent to an activating group) is 1. The van der Waals surface area contributed by atoms with E-state index in [1.165, 1.54) is 4.90 Å². The summed E-state index contributed by atoms with van der Waals surface area (Å²) in [7, 11) is 3.43. The van der Waals surface area contributed by atoms with Gasteiger partial charge in [0.25, 0.3) is 5.91 Å². The average Bonchev–Trinajstić information content (AvgIpc) is 2.46. The van der Waals surface area contributed by atoms with Gasteiger partial charge in [-0.15, -0.1) is 0 Å². The summed E-state index contributed by atoms with van der Waals surface area (Å²) in [5.41, 5.74) is 0.659. The fraction of sp³-hybridized carbons (Fsp3) is 0.429. The number of carbonyl (C=O) groups excluding carboxylic acids is 2. The van der Waals surface area contributed by atoms with Crippen LogP contribution in [0.4, 0.5) is 0 Å². The Kier molecular flexibility index (Phi) is 4.98. The third kappa shape index (κ3) is 3.12. The molecular formula is C14H18IN3O2. The van der Waals surface area contributed by atoms with Crippen LogP contribution < -0.4 is 5.32 Å². The van der Waals surface area contributed by atoms with E-state index in [0.29, 0.717) is 25.2 Å². The van der Waals surface area contributed by atoms with Crippen LogP contribution in [0.5, 0.6) is 0 Å². The van der Waals surface area contributed by atoms with Crippen molar-refractivity contribution in [2.75, 3.05) is 33.7 Å². The summed E-state index contributed by atoms with van der Waals surface area (Å²) in [6.45, 7) is 1.77. The van der Waals surface area contributed by atoms with Crippen molar-refractivity contribution in [3.05, 3.63) is 33.4 Å². The zero-order chi connectivity index (χ0) is 14.7. The first-order chi connectivity index (χ1) is 9.52. The standard InChI is InChI=1S/C14H18IN3O2/c1-17(2)14(20)12-9-16-7-8-18(12)13(19)10-5-3-4-6-11(10)15/h3-6,12,16H,7-9H2,1-2H3. The summed E-state index contributed by atoms with van der Waals surface area (Å²) >= 11 is 2.15. The van der Waals surface area contributed by atoms with Crippen LogP contribution in [0, 0.1) is 3.57 Å². The second-order valence-electron chi connectivity index (χ2n) is 4.93. The quantitative estimate of drug-likeness (QED) is 0.764. The van der Waals surface area contributed by atoms with Gasteiger partial charge in [-0.3, -0.25) is 9.59 Å². The van der Waals surface area contributed by atoms with Crippen molar-refractivity contribution in [3.63, 3.8) is 0 Å². The molecule has 1 saturated heterocycles. The summed E-state index contributed by atoms with van der Waals surface area (Å²) in [5.74, 6) is -0.117. The van der Waals surface area contributed by atoms with Crippen LogP contribution in [-0.2, 0) is 4.79 Å². The highest BCUT2D eigenvalue weighted by Crippen LogP contribution is 2.17. The molecule has 0 bridgehead atoms. The van der Waals surface area contributed by atoms with Gasteiger partial charge in [0.2, 0.25) is 5.91 Å². The maximum Gasteiger partial charge on any atom is 0.255 e. The Morgan fingerprint density at radius 1 is 1.35 bits per heavy atom. The summed E-state index contributed by atoms with van der Waals surface area (Å²) in [6, 6.07) is 7.03. The lowest BCUT2D eigenvalue weighted by molar-refractivity contribution is -0.134. The Balaban J connectivity index is 2.26.